The van der Waals surface area contributed by atoms with Gasteiger partial charge in [-0.3, -0.25) is 4.79 Å². The van der Waals surface area contributed by atoms with Crippen molar-refractivity contribution in [3.8, 4) is 16.9 Å². The van der Waals surface area contributed by atoms with E-state index in [9.17, 15) is 9.90 Å². The number of phenols is 1. The summed E-state index contributed by atoms with van der Waals surface area (Å²) in [5.41, 5.74) is 2.34. The minimum atomic E-state index is -0.103. The average molecular weight is 276 g/mol. The third-order valence-electron chi connectivity index (χ3n) is 2.74. The Morgan fingerprint density at radius 1 is 1.21 bits per heavy atom. The second-order valence-electron chi connectivity index (χ2n) is 4.11. The first-order valence-electron chi connectivity index (χ1n) is 5.99. The number of phenolic OH excluding ortho intramolecular Hbond substituents is 1. The predicted molar refractivity (Wildman–Crippen MR) is 76.6 cm³/mol. The summed E-state index contributed by atoms with van der Waals surface area (Å²) in [7, 11) is 0. The molecular formula is C15H14ClNO2. The fourth-order valence-corrected chi connectivity index (χ4v) is 1.97. The Kier molecular flexibility index (Phi) is 4.07. The summed E-state index contributed by atoms with van der Waals surface area (Å²) in [5.74, 6) is -0.0560. The Bertz CT molecular complexity index is 611. The second-order valence-corrected chi connectivity index (χ2v) is 4.51. The van der Waals surface area contributed by atoms with E-state index in [0.29, 0.717) is 17.1 Å². The molecule has 0 fully saturated rings. The van der Waals surface area contributed by atoms with Crippen molar-refractivity contribution in [2.75, 3.05) is 6.54 Å². The predicted octanol–water partition coefficient (Wildman–Crippen LogP) is 3.46. The first-order valence-corrected chi connectivity index (χ1v) is 6.36. The smallest absolute Gasteiger partial charge is 0.251 e. The highest BCUT2D eigenvalue weighted by Crippen LogP contribution is 2.29. The van der Waals surface area contributed by atoms with E-state index in [0.717, 1.165) is 11.1 Å². The first-order chi connectivity index (χ1) is 9.11. The molecule has 0 saturated heterocycles. The van der Waals surface area contributed by atoms with Crippen molar-refractivity contribution < 1.29 is 9.90 Å². The molecule has 0 saturated carbocycles. The molecule has 0 radical (unpaired) electrons. The lowest BCUT2D eigenvalue weighted by Gasteiger charge is -2.07. The quantitative estimate of drug-likeness (QED) is 0.901. The maximum atomic E-state index is 11.8. The number of aromatic hydroxyl groups is 1. The molecule has 2 aromatic rings. The van der Waals surface area contributed by atoms with E-state index >= 15 is 0 Å². The van der Waals surface area contributed by atoms with Crippen LogP contribution in [0.5, 0.6) is 5.75 Å². The number of hydrogen-bond acceptors (Lipinski definition) is 2. The molecule has 2 N–H and O–H groups in total. The number of halogens is 1. The number of hydrogen-bond donors (Lipinski definition) is 2. The summed E-state index contributed by atoms with van der Waals surface area (Å²) < 4.78 is 0. The number of benzene rings is 2. The largest absolute Gasteiger partial charge is 0.506 e. The van der Waals surface area contributed by atoms with Gasteiger partial charge in [-0.25, -0.2) is 0 Å². The van der Waals surface area contributed by atoms with Crippen molar-refractivity contribution >= 4 is 17.5 Å². The van der Waals surface area contributed by atoms with Gasteiger partial charge in [-0.1, -0.05) is 29.8 Å². The zero-order valence-electron chi connectivity index (χ0n) is 10.5. The highest BCUT2D eigenvalue weighted by Gasteiger charge is 2.07. The van der Waals surface area contributed by atoms with Gasteiger partial charge < -0.3 is 10.4 Å². The number of carbonyl (C=O) groups is 1. The van der Waals surface area contributed by atoms with Gasteiger partial charge in [0.05, 0.1) is 5.02 Å². The molecule has 3 nitrogen and oxygen atoms in total. The summed E-state index contributed by atoms with van der Waals surface area (Å²) in [6.07, 6.45) is 0. The van der Waals surface area contributed by atoms with Crippen LogP contribution in [0.2, 0.25) is 5.02 Å². The average Bonchev–Trinajstić information content (AvgIpc) is 2.42. The molecule has 4 heteroatoms. The topological polar surface area (TPSA) is 49.3 Å². The van der Waals surface area contributed by atoms with Crippen molar-refractivity contribution in [2.24, 2.45) is 0 Å². The van der Waals surface area contributed by atoms with Gasteiger partial charge in [0.25, 0.3) is 5.91 Å². The molecule has 0 aliphatic carbocycles. The van der Waals surface area contributed by atoms with Gasteiger partial charge in [0.2, 0.25) is 0 Å². The fraction of sp³-hybridized carbons (Fsp3) is 0.133. The molecule has 0 unspecified atom stereocenters. The van der Waals surface area contributed by atoms with Crippen molar-refractivity contribution in [3.63, 3.8) is 0 Å². The van der Waals surface area contributed by atoms with Crippen LogP contribution in [0.3, 0.4) is 0 Å². The van der Waals surface area contributed by atoms with Crippen molar-refractivity contribution in [1.29, 1.82) is 0 Å². The Morgan fingerprint density at radius 3 is 2.63 bits per heavy atom. The van der Waals surface area contributed by atoms with Gasteiger partial charge >= 0.3 is 0 Å². The number of rotatable bonds is 3. The second kappa shape index (κ2) is 5.76. The minimum absolute atomic E-state index is 0.0466. The van der Waals surface area contributed by atoms with E-state index in [1.807, 2.05) is 19.1 Å². The Hall–Kier alpha value is -2.00. The standard InChI is InChI=1S/C15H14ClNO2/c1-2-17-15(19)12-5-3-4-10(8-12)11-6-7-14(18)13(16)9-11/h3-9,18H,2H2,1H3,(H,17,19). The lowest BCUT2D eigenvalue weighted by Crippen LogP contribution is -2.22. The summed E-state index contributed by atoms with van der Waals surface area (Å²) in [6, 6.07) is 12.2. The van der Waals surface area contributed by atoms with Crippen LogP contribution in [0.15, 0.2) is 42.5 Å². The summed E-state index contributed by atoms with van der Waals surface area (Å²) in [6.45, 7) is 2.47. The van der Waals surface area contributed by atoms with Crippen LogP contribution in [0.25, 0.3) is 11.1 Å². The summed E-state index contributed by atoms with van der Waals surface area (Å²) >= 11 is 5.89. The third-order valence-corrected chi connectivity index (χ3v) is 3.05. The van der Waals surface area contributed by atoms with Crippen LogP contribution in [-0.2, 0) is 0 Å². The fourth-order valence-electron chi connectivity index (χ4n) is 1.79. The van der Waals surface area contributed by atoms with Crippen molar-refractivity contribution in [3.05, 3.63) is 53.1 Å². The zero-order valence-corrected chi connectivity index (χ0v) is 11.2. The number of nitrogens with one attached hydrogen (secondary N) is 1. The monoisotopic (exact) mass is 275 g/mol. The van der Waals surface area contributed by atoms with Crippen molar-refractivity contribution in [2.45, 2.75) is 6.92 Å². The Balaban J connectivity index is 2.37. The molecule has 1 amide bonds. The molecule has 0 atom stereocenters. The van der Waals surface area contributed by atoms with Gasteiger partial charge in [0.15, 0.2) is 0 Å². The van der Waals surface area contributed by atoms with Gasteiger partial charge in [-0.2, -0.15) is 0 Å². The molecule has 0 aliphatic heterocycles. The first kappa shape index (κ1) is 13.4. The highest BCUT2D eigenvalue weighted by atomic mass is 35.5. The van der Waals surface area contributed by atoms with Gasteiger partial charge in [-0.05, 0) is 42.3 Å². The zero-order chi connectivity index (χ0) is 13.8. The van der Waals surface area contributed by atoms with E-state index in [-0.39, 0.29) is 11.7 Å². The number of carbonyl (C=O) groups excluding carboxylic acids is 1. The summed E-state index contributed by atoms with van der Waals surface area (Å²) in [5, 5.41) is 12.5. The van der Waals surface area contributed by atoms with Gasteiger partial charge in [0.1, 0.15) is 5.75 Å². The molecular weight excluding hydrogens is 262 g/mol. The van der Waals surface area contributed by atoms with Gasteiger partial charge in [0, 0.05) is 12.1 Å². The van der Waals surface area contributed by atoms with E-state index in [4.69, 9.17) is 11.6 Å². The Morgan fingerprint density at radius 2 is 1.95 bits per heavy atom. The van der Waals surface area contributed by atoms with E-state index in [2.05, 4.69) is 5.32 Å². The molecule has 0 aliphatic rings. The van der Waals surface area contributed by atoms with Crippen LogP contribution in [0, 0.1) is 0 Å². The molecule has 0 bridgehead atoms. The molecule has 0 aromatic heterocycles. The maximum Gasteiger partial charge on any atom is 0.251 e. The van der Waals surface area contributed by atoms with Crippen LogP contribution in [0.4, 0.5) is 0 Å². The highest BCUT2D eigenvalue weighted by molar-refractivity contribution is 6.32. The molecule has 98 valence electrons. The molecule has 19 heavy (non-hydrogen) atoms. The summed E-state index contributed by atoms with van der Waals surface area (Å²) in [4.78, 5) is 11.8. The van der Waals surface area contributed by atoms with Crippen molar-refractivity contribution in [1.82, 2.24) is 5.32 Å². The SMILES string of the molecule is CCNC(=O)c1cccc(-c2ccc(O)c(Cl)c2)c1. The normalized spacial score (nSPS) is 10.2. The van der Waals surface area contributed by atoms with E-state index in [1.54, 1.807) is 24.3 Å². The minimum Gasteiger partial charge on any atom is -0.506 e. The third kappa shape index (κ3) is 3.06. The van der Waals surface area contributed by atoms with E-state index < -0.39 is 0 Å². The molecule has 2 rings (SSSR count). The lowest BCUT2D eigenvalue weighted by atomic mass is 10.0. The van der Waals surface area contributed by atoms with Crippen LogP contribution >= 0.6 is 11.6 Å². The van der Waals surface area contributed by atoms with E-state index in [1.165, 1.54) is 6.07 Å². The number of amides is 1. The van der Waals surface area contributed by atoms with Crippen LogP contribution in [-0.4, -0.2) is 17.6 Å². The maximum absolute atomic E-state index is 11.8. The lowest BCUT2D eigenvalue weighted by molar-refractivity contribution is 0.0956. The van der Waals surface area contributed by atoms with Gasteiger partial charge in [-0.15, -0.1) is 0 Å². The molecule has 2 aromatic carbocycles. The Labute approximate surface area is 116 Å². The molecule has 0 heterocycles. The van der Waals surface area contributed by atoms with Crippen LogP contribution < -0.4 is 5.32 Å². The van der Waals surface area contributed by atoms with Crippen LogP contribution in [0.1, 0.15) is 17.3 Å². The molecule has 0 spiro atoms.